The van der Waals surface area contributed by atoms with Gasteiger partial charge in [0, 0.05) is 12.2 Å². The number of nitrogens with one attached hydrogen (secondary N) is 1. The molecular weight excluding hydrogens is 230 g/mol. The highest BCUT2D eigenvalue weighted by atomic mass is 32.3. The van der Waals surface area contributed by atoms with Crippen LogP contribution in [0.25, 0.3) is 0 Å². The molecule has 1 aromatic rings. The maximum Gasteiger partial charge on any atom is 0.397 e. The first kappa shape index (κ1) is 13.0. The van der Waals surface area contributed by atoms with Gasteiger partial charge in [0.15, 0.2) is 0 Å². The van der Waals surface area contributed by atoms with E-state index in [-0.39, 0.29) is 6.61 Å². The number of rotatable bonds is 7. The van der Waals surface area contributed by atoms with Crippen LogP contribution in [-0.2, 0) is 14.6 Å². The van der Waals surface area contributed by atoms with Crippen LogP contribution in [0.4, 0.5) is 5.69 Å². The van der Waals surface area contributed by atoms with Gasteiger partial charge in [-0.1, -0.05) is 18.2 Å². The van der Waals surface area contributed by atoms with Crippen molar-refractivity contribution >= 4 is 16.1 Å². The Morgan fingerprint density at radius 1 is 1.19 bits per heavy atom. The Bertz CT molecular complexity index is 391. The maximum absolute atomic E-state index is 10.2. The van der Waals surface area contributed by atoms with E-state index in [0.29, 0.717) is 6.42 Å². The minimum absolute atomic E-state index is 0.00923. The van der Waals surface area contributed by atoms with Crippen LogP contribution in [0.3, 0.4) is 0 Å². The maximum atomic E-state index is 10.2. The first-order chi connectivity index (χ1) is 7.58. The van der Waals surface area contributed by atoms with Crippen molar-refractivity contribution in [3.8, 4) is 0 Å². The number of benzene rings is 1. The third kappa shape index (κ3) is 6.39. The van der Waals surface area contributed by atoms with Gasteiger partial charge < -0.3 is 5.32 Å². The van der Waals surface area contributed by atoms with Gasteiger partial charge in [-0.2, -0.15) is 8.42 Å². The Balaban J connectivity index is 2.05. The molecule has 0 radical (unpaired) electrons. The smallest absolute Gasteiger partial charge is 0.385 e. The Kier molecular flexibility index (Phi) is 5.24. The second-order valence-electron chi connectivity index (χ2n) is 3.25. The third-order valence-electron chi connectivity index (χ3n) is 1.91. The molecular formula is C10H15NO4S. The summed E-state index contributed by atoms with van der Waals surface area (Å²) in [5, 5.41) is 3.17. The lowest BCUT2D eigenvalue weighted by molar-refractivity contribution is 0.263. The van der Waals surface area contributed by atoms with Gasteiger partial charge in [0.2, 0.25) is 0 Å². The molecule has 0 saturated carbocycles. The number of unbranched alkanes of at least 4 members (excludes halogenated alkanes) is 1. The summed E-state index contributed by atoms with van der Waals surface area (Å²) in [5.74, 6) is 0. The molecule has 1 rings (SSSR count). The molecule has 0 spiro atoms. The highest BCUT2D eigenvalue weighted by Gasteiger charge is 2.02. The van der Waals surface area contributed by atoms with Crippen molar-refractivity contribution in [3.63, 3.8) is 0 Å². The topological polar surface area (TPSA) is 75.6 Å². The molecule has 2 N–H and O–H groups in total. The summed E-state index contributed by atoms with van der Waals surface area (Å²) in [6.45, 7) is 0.744. The first-order valence-corrected chi connectivity index (χ1v) is 6.35. The molecule has 0 saturated heterocycles. The van der Waals surface area contributed by atoms with Gasteiger partial charge in [-0.05, 0) is 25.0 Å². The van der Waals surface area contributed by atoms with Crippen molar-refractivity contribution in [3.05, 3.63) is 30.3 Å². The van der Waals surface area contributed by atoms with E-state index in [9.17, 15) is 8.42 Å². The van der Waals surface area contributed by atoms with Crippen LogP contribution >= 0.6 is 0 Å². The molecule has 90 valence electrons. The Morgan fingerprint density at radius 2 is 1.88 bits per heavy atom. The lowest BCUT2D eigenvalue weighted by atomic mass is 10.3. The summed E-state index contributed by atoms with van der Waals surface area (Å²) in [5.41, 5.74) is 1.03. The van der Waals surface area contributed by atoms with Crippen LogP contribution in [0.15, 0.2) is 30.3 Å². The first-order valence-electron chi connectivity index (χ1n) is 4.99. The zero-order valence-corrected chi connectivity index (χ0v) is 9.61. The summed E-state index contributed by atoms with van der Waals surface area (Å²) >= 11 is 0. The normalized spacial score (nSPS) is 11.3. The van der Waals surface area contributed by atoms with Gasteiger partial charge >= 0.3 is 10.4 Å². The molecule has 0 bridgehead atoms. The van der Waals surface area contributed by atoms with Crippen molar-refractivity contribution in [2.45, 2.75) is 12.8 Å². The summed E-state index contributed by atoms with van der Waals surface area (Å²) in [6, 6.07) is 9.71. The van der Waals surface area contributed by atoms with E-state index in [0.717, 1.165) is 18.7 Å². The highest BCUT2D eigenvalue weighted by molar-refractivity contribution is 7.80. The minimum Gasteiger partial charge on any atom is -0.385 e. The number of hydrogen-bond acceptors (Lipinski definition) is 4. The quantitative estimate of drug-likeness (QED) is 0.565. The third-order valence-corrected chi connectivity index (χ3v) is 2.37. The molecule has 16 heavy (non-hydrogen) atoms. The van der Waals surface area contributed by atoms with Crippen molar-refractivity contribution in [2.24, 2.45) is 0 Å². The predicted octanol–water partition coefficient (Wildman–Crippen LogP) is 1.70. The van der Waals surface area contributed by atoms with Gasteiger partial charge in [-0.3, -0.25) is 4.55 Å². The zero-order chi connectivity index (χ0) is 11.9. The van der Waals surface area contributed by atoms with E-state index < -0.39 is 10.4 Å². The standard InChI is InChI=1S/C10H15NO4S/c12-16(13,14)15-9-5-4-8-11-10-6-2-1-3-7-10/h1-3,6-7,11H,4-5,8-9H2,(H,12,13,14). The molecule has 0 unspecified atom stereocenters. The van der Waals surface area contributed by atoms with Crippen LogP contribution < -0.4 is 5.32 Å². The summed E-state index contributed by atoms with van der Waals surface area (Å²) < 4.78 is 32.9. The fourth-order valence-electron chi connectivity index (χ4n) is 1.18. The molecule has 5 nitrogen and oxygen atoms in total. The fraction of sp³-hybridized carbons (Fsp3) is 0.400. The van der Waals surface area contributed by atoms with E-state index in [1.54, 1.807) is 0 Å². The monoisotopic (exact) mass is 245 g/mol. The van der Waals surface area contributed by atoms with E-state index in [1.165, 1.54) is 0 Å². The van der Waals surface area contributed by atoms with Crippen molar-refractivity contribution < 1.29 is 17.2 Å². The zero-order valence-electron chi connectivity index (χ0n) is 8.80. The number of hydrogen-bond donors (Lipinski definition) is 2. The summed E-state index contributed by atoms with van der Waals surface area (Å²) in [7, 11) is -4.28. The Labute approximate surface area is 95.4 Å². The second kappa shape index (κ2) is 6.47. The van der Waals surface area contributed by atoms with Crippen molar-refractivity contribution in [2.75, 3.05) is 18.5 Å². The number of para-hydroxylation sites is 1. The largest absolute Gasteiger partial charge is 0.397 e. The molecule has 0 atom stereocenters. The molecule has 0 fully saturated rings. The Morgan fingerprint density at radius 3 is 2.50 bits per heavy atom. The van der Waals surface area contributed by atoms with Crippen LogP contribution in [-0.4, -0.2) is 26.1 Å². The minimum atomic E-state index is -4.28. The molecule has 0 aliphatic rings. The van der Waals surface area contributed by atoms with Gasteiger partial charge in [-0.15, -0.1) is 0 Å². The Hall–Kier alpha value is -1.11. The lowest BCUT2D eigenvalue weighted by Gasteiger charge is -2.05. The molecule has 6 heteroatoms. The summed E-state index contributed by atoms with van der Waals surface area (Å²) in [6.07, 6.45) is 1.34. The van der Waals surface area contributed by atoms with E-state index in [4.69, 9.17) is 4.55 Å². The van der Waals surface area contributed by atoms with Crippen LogP contribution in [0, 0.1) is 0 Å². The van der Waals surface area contributed by atoms with Gasteiger partial charge in [0.05, 0.1) is 6.61 Å². The lowest BCUT2D eigenvalue weighted by Crippen LogP contribution is -2.07. The van der Waals surface area contributed by atoms with E-state index >= 15 is 0 Å². The van der Waals surface area contributed by atoms with Crippen molar-refractivity contribution in [1.82, 2.24) is 0 Å². The van der Waals surface area contributed by atoms with E-state index in [1.807, 2.05) is 30.3 Å². The van der Waals surface area contributed by atoms with Gasteiger partial charge in [-0.25, -0.2) is 4.18 Å². The molecule has 0 aliphatic carbocycles. The molecule has 0 heterocycles. The average Bonchev–Trinajstić information content (AvgIpc) is 2.23. The second-order valence-corrected chi connectivity index (χ2v) is 4.34. The highest BCUT2D eigenvalue weighted by Crippen LogP contribution is 2.05. The van der Waals surface area contributed by atoms with Gasteiger partial charge in [0.25, 0.3) is 0 Å². The molecule has 1 aromatic carbocycles. The van der Waals surface area contributed by atoms with E-state index in [2.05, 4.69) is 9.50 Å². The number of anilines is 1. The molecule has 0 aromatic heterocycles. The molecule has 0 aliphatic heterocycles. The SMILES string of the molecule is O=S(=O)(O)OCCCCNc1ccccc1. The van der Waals surface area contributed by atoms with Crippen LogP contribution in [0.5, 0.6) is 0 Å². The fourth-order valence-corrected chi connectivity index (χ4v) is 1.51. The average molecular weight is 245 g/mol. The molecule has 0 amide bonds. The van der Waals surface area contributed by atoms with Crippen LogP contribution in [0.2, 0.25) is 0 Å². The van der Waals surface area contributed by atoms with Gasteiger partial charge in [0.1, 0.15) is 0 Å². The summed E-state index contributed by atoms with van der Waals surface area (Å²) in [4.78, 5) is 0. The van der Waals surface area contributed by atoms with Crippen LogP contribution in [0.1, 0.15) is 12.8 Å². The predicted molar refractivity (Wildman–Crippen MR) is 61.7 cm³/mol. The van der Waals surface area contributed by atoms with Crippen molar-refractivity contribution in [1.29, 1.82) is 0 Å².